The van der Waals surface area contributed by atoms with E-state index in [1.165, 1.54) is 0 Å². The summed E-state index contributed by atoms with van der Waals surface area (Å²) >= 11 is 0. The molecule has 2 aromatic carbocycles. The highest BCUT2D eigenvalue weighted by Crippen LogP contribution is 2.18. The molecule has 0 saturated carbocycles. The Labute approximate surface area is 146 Å². The molecule has 0 saturated heterocycles. The number of rotatable bonds is 8. The number of hydrogen-bond acceptors (Lipinski definition) is 3. The van der Waals surface area contributed by atoms with Gasteiger partial charge < -0.3 is 15.3 Å². The number of aromatic carboxylic acids is 2. The number of aliphatic hydroxyl groups excluding tert-OH is 1. The lowest BCUT2D eigenvalue weighted by atomic mass is 9.92. The Kier molecular flexibility index (Phi) is 6.31. The lowest BCUT2D eigenvalue weighted by molar-refractivity contribution is 0.0685. The minimum Gasteiger partial charge on any atom is -0.478 e. The van der Waals surface area contributed by atoms with Gasteiger partial charge in [0.2, 0.25) is 0 Å². The van der Waals surface area contributed by atoms with Crippen LogP contribution in [0.4, 0.5) is 0 Å². The average Bonchev–Trinajstić information content (AvgIpc) is 2.58. The normalized spacial score (nSPS) is 11.9. The molecule has 0 aliphatic carbocycles. The third kappa shape index (κ3) is 5.16. The highest BCUT2D eigenvalue weighted by molar-refractivity contribution is 5.89. The van der Waals surface area contributed by atoms with Gasteiger partial charge in [0, 0.05) is 6.61 Å². The molecular formula is C20H22O5. The van der Waals surface area contributed by atoms with E-state index in [0.29, 0.717) is 12.0 Å². The van der Waals surface area contributed by atoms with Crippen LogP contribution in [0.2, 0.25) is 0 Å². The van der Waals surface area contributed by atoms with Crippen LogP contribution in [0.3, 0.4) is 0 Å². The molecule has 1 unspecified atom stereocenters. The quantitative estimate of drug-likeness (QED) is 0.685. The Hall–Kier alpha value is -2.66. The number of benzene rings is 2. The standard InChI is InChI=1S/C20H22O5/c1-13-10-14(6-9-18(13)20(24)25)2-3-16(12-21)11-15-4-7-17(8-5-15)19(22)23/h4-10,16,21H,2-3,11-12H2,1H3,(H,22,23)(H,24,25). The zero-order chi connectivity index (χ0) is 18.4. The molecule has 132 valence electrons. The van der Waals surface area contributed by atoms with Crippen LogP contribution >= 0.6 is 0 Å². The summed E-state index contributed by atoms with van der Waals surface area (Å²) < 4.78 is 0. The zero-order valence-electron chi connectivity index (χ0n) is 14.1. The van der Waals surface area contributed by atoms with E-state index in [9.17, 15) is 14.7 Å². The number of carbonyl (C=O) groups is 2. The van der Waals surface area contributed by atoms with E-state index >= 15 is 0 Å². The summed E-state index contributed by atoms with van der Waals surface area (Å²) in [6.07, 6.45) is 2.19. The number of aryl methyl sites for hydroxylation is 2. The molecule has 0 bridgehead atoms. The minimum atomic E-state index is -0.953. The first-order valence-electron chi connectivity index (χ1n) is 8.16. The van der Waals surface area contributed by atoms with Gasteiger partial charge in [-0.2, -0.15) is 0 Å². The molecule has 0 aliphatic rings. The molecule has 2 rings (SSSR count). The minimum absolute atomic E-state index is 0.0485. The smallest absolute Gasteiger partial charge is 0.335 e. The summed E-state index contributed by atoms with van der Waals surface area (Å²) in [6, 6.07) is 12.0. The number of aliphatic hydroxyl groups is 1. The van der Waals surface area contributed by atoms with Gasteiger partial charge in [-0.15, -0.1) is 0 Å². The van der Waals surface area contributed by atoms with Crippen molar-refractivity contribution >= 4 is 11.9 Å². The Bertz CT molecular complexity index is 749. The van der Waals surface area contributed by atoms with Crippen molar-refractivity contribution in [3.8, 4) is 0 Å². The van der Waals surface area contributed by atoms with Crippen molar-refractivity contribution in [1.82, 2.24) is 0 Å². The molecule has 0 aromatic heterocycles. The van der Waals surface area contributed by atoms with Crippen molar-refractivity contribution in [3.05, 3.63) is 70.3 Å². The Morgan fingerprint density at radius 3 is 2.12 bits per heavy atom. The van der Waals surface area contributed by atoms with E-state index in [1.807, 2.05) is 12.1 Å². The predicted molar refractivity (Wildman–Crippen MR) is 94.1 cm³/mol. The van der Waals surface area contributed by atoms with Crippen molar-refractivity contribution in [1.29, 1.82) is 0 Å². The highest BCUT2D eigenvalue weighted by atomic mass is 16.4. The van der Waals surface area contributed by atoms with Crippen LogP contribution in [0.15, 0.2) is 42.5 Å². The van der Waals surface area contributed by atoms with E-state index in [4.69, 9.17) is 10.2 Å². The van der Waals surface area contributed by atoms with Crippen molar-refractivity contribution < 1.29 is 24.9 Å². The Morgan fingerprint density at radius 2 is 1.60 bits per heavy atom. The van der Waals surface area contributed by atoms with E-state index in [2.05, 4.69) is 0 Å². The van der Waals surface area contributed by atoms with Crippen LogP contribution < -0.4 is 0 Å². The van der Waals surface area contributed by atoms with Gasteiger partial charge in [0.15, 0.2) is 0 Å². The summed E-state index contributed by atoms with van der Waals surface area (Å²) in [5, 5.41) is 27.6. The second-order valence-electron chi connectivity index (χ2n) is 6.25. The molecule has 2 aromatic rings. The van der Waals surface area contributed by atoms with Crippen molar-refractivity contribution in [2.45, 2.75) is 26.2 Å². The molecular weight excluding hydrogens is 320 g/mol. The van der Waals surface area contributed by atoms with E-state index in [0.717, 1.165) is 29.5 Å². The Morgan fingerprint density at radius 1 is 0.960 bits per heavy atom. The fourth-order valence-corrected chi connectivity index (χ4v) is 2.87. The molecule has 5 heteroatoms. The SMILES string of the molecule is Cc1cc(CCC(CO)Cc2ccc(C(=O)O)cc2)ccc1C(=O)O. The fourth-order valence-electron chi connectivity index (χ4n) is 2.87. The van der Waals surface area contributed by atoms with Crippen LogP contribution in [0.1, 0.15) is 43.8 Å². The highest BCUT2D eigenvalue weighted by Gasteiger charge is 2.12. The first kappa shape index (κ1) is 18.7. The van der Waals surface area contributed by atoms with Gasteiger partial charge in [0.05, 0.1) is 11.1 Å². The van der Waals surface area contributed by atoms with Crippen molar-refractivity contribution in [2.24, 2.45) is 5.92 Å². The number of hydrogen-bond donors (Lipinski definition) is 3. The topological polar surface area (TPSA) is 94.8 Å². The van der Waals surface area contributed by atoms with E-state index in [1.54, 1.807) is 37.3 Å². The fraction of sp³-hybridized carbons (Fsp3) is 0.300. The van der Waals surface area contributed by atoms with Gasteiger partial charge >= 0.3 is 11.9 Å². The monoisotopic (exact) mass is 342 g/mol. The molecule has 3 N–H and O–H groups in total. The van der Waals surface area contributed by atoms with Gasteiger partial charge in [-0.3, -0.25) is 0 Å². The van der Waals surface area contributed by atoms with Crippen LogP contribution in [-0.2, 0) is 12.8 Å². The molecule has 0 amide bonds. The van der Waals surface area contributed by atoms with Crippen molar-refractivity contribution in [2.75, 3.05) is 6.61 Å². The Balaban J connectivity index is 1.96. The molecule has 5 nitrogen and oxygen atoms in total. The average molecular weight is 342 g/mol. The second kappa shape index (κ2) is 8.44. The molecule has 1 atom stereocenters. The van der Waals surface area contributed by atoms with E-state index < -0.39 is 11.9 Å². The molecule has 0 fully saturated rings. The zero-order valence-corrected chi connectivity index (χ0v) is 14.1. The summed E-state index contributed by atoms with van der Waals surface area (Å²) in [5.74, 6) is -1.82. The summed E-state index contributed by atoms with van der Waals surface area (Å²) in [7, 11) is 0. The largest absolute Gasteiger partial charge is 0.478 e. The number of carboxylic acid groups (broad SMARTS) is 2. The number of carboxylic acids is 2. The van der Waals surface area contributed by atoms with E-state index in [-0.39, 0.29) is 18.1 Å². The van der Waals surface area contributed by atoms with Gasteiger partial charge in [0.1, 0.15) is 0 Å². The first-order chi connectivity index (χ1) is 11.9. The van der Waals surface area contributed by atoms with Gasteiger partial charge in [0.25, 0.3) is 0 Å². The lowest BCUT2D eigenvalue weighted by Gasteiger charge is -2.15. The first-order valence-corrected chi connectivity index (χ1v) is 8.16. The maximum Gasteiger partial charge on any atom is 0.335 e. The van der Waals surface area contributed by atoms with Crippen LogP contribution in [-0.4, -0.2) is 33.9 Å². The van der Waals surface area contributed by atoms with Gasteiger partial charge in [-0.25, -0.2) is 9.59 Å². The molecule has 0 heterocycles. The van der Waals surface area contributed by atoms with Crippen LogP contribution in [0.25, 0.3) is 0 Å². The van der Waals surface area contributed by atoms with Crippen LogP contribution in [0.5, 0.6) is 0 Å². The van der Waals surface area contributed by atoms with Gasteiger partial charge in [-0.1, -0.05) is 24.3 Å². The van der Waals surface area contributed by atoms with Crippen molar-refractivity contribution in [3.63, 3.8) is 0 Å². The summed E-state index contributed by atoms with van der Waals surface area (Å²) in [4.78, 5) is 21.9. The predicted octanol–water partition coefficient (Wildman–Crippen LogP) is 3.18. The third-order valence-corrected chi connectivity index (χ3v) is 4.35. The molecule has 0 spiro atoms. The maximum atomic E-state index is 11.0. The summed E-state index contributed by atoms with van der Waals surface area (Å²) in [5.41, 5.74) is 3.32. The molecule has 0 radical (unpaired) electrons. The van der Waals surface area contributed by atoms with Crippen LogP contribution in [0, 0.1) is 12.8 Å². The lowest BCUT2D eigenvalue weighted by Crippen LogP contribution is -2.11. The summed E-state index contributed by atoms with van der Waals surface area (Å²) in [6.45, 7) is 1.83. The second-order valence-corrected chi connectivity index (χ2v) is 6.25. The molecule has 0 aliphatic heterocycles. The molecule has 25 heavy (non-hydrogen) atoms. The third-order valence-electron chi connectivity index (χ3n) is 4.35. The maximum absolute atomic E-state index is 11.0. The van der Waals surface area contributed by atoms with Gasteiger partial charge in [-0.05, 0) is 67.0 Å².